The normalized spacial score (nSPS) is 19.3. The minimum Gasteiger partial charge on any atom is -0.484 e. The molecule has 164 valence electrons. The Kier molecular flexibility index (Phi) is 6.75. The van der Waals surface area contributed by atoms with E-state index in [-0.39, 0.29) is 24.3 Å². The number of piperidine rings is 1. The SMILES string of the molecule is CC1CCN(c2ccc(NC(=O)C3CCN(C(=O)COc4ccccc4)CC3)cc2)C1. The molecule has 2 fully saturated rings. The van der Waals surface area contributed by atoms with E-state index >= 15 is 0 Å². The summed E-state index contributed by atoms with van der Waals surface area (Å²) in [7, 11) is 0. The number of amides is 2. The topological polar surface area (TPSA) is 61.9 Å². The molecule has 1 N–H and O–H groups in total. The molecule has 0 saturated carbocycles. The first-order chi connectivity index (χ1) is 15.1. The molecule has 1 unspecified atom stereocenters. The van der Waals surface area contributed by atoms with E-state index in [1.165, 1.54) is 12.1 Å². The van der Waals surface area contributed by atoms with Crippen molar-refractivity contribution in [2.45, 2.75) is 26.2 Å². The Morgan fingerprint density at radius 2 is 1.68 bits per heavy atom. The summed E-state index contributed by atoms with van der Waals surface area (Å²) in [4.78, 5) is 29.3. The highest BCUT2D eigenvalue weighted by atomic mass is 16.5. The fourth-order valence-corrected chi connectivity index (χ4v) is 4.31. The van der Waals surface area contributed by atoms with Crippen LogP contribution in [0.5, 0.6) is 5.75 Å². The third-order valence-electron chi connectivity index (χ3n) is 6.25. The smallest absolute Gasteiger partial charge is 0.260 e. The number of likely N-dealkylation sites (tertiary alicyclic amines) is 1. The molecule has 2 amide bonds. The fraction of sp³-hybridized carbons (Fsp3) is 0.440. The minimum atomic E-state index is -0.0711. The number of nitrogens with zero attached hydrogens (tertiary/aromatic N) is 2. The summed E-state index contributed by atoms with van der Waals surface area (Å²) in [6, 6.07) is 17.5. The van der Waals surface area contributed by atoms with Crippen LogP contribution in [0.15, 0.2) is 54.6 Å². The summed E-state index contributed by atoms with van der Waals surface area (Å²) < 4.78 is 5.55. The lowest BCUT2D eigenvalue weighted by Gasteiger charge is -2.31. The van der Waals surface area contributed by atoms with Crippen molar-refractivity contribution in [2.24, 2.45) is 11.8 Å². The first-order valence-corrected chi connectivity index (χ1v) is 11.2. The van der Waals surface area contributed by atoms with Crippen LogP contribution in [0.25, 0.3) is 0 Å². The Morgan fingerprint density at radius 1 is 0.968 bits per heavy atom. The van der Waals surface area contributed by atoms with E-state index in [0.29, 0.717) is 31.7 Å². The molecular weight excluding hydrogens is 390 g/mol. The molecule has 1 atom stereocenters. The van der Waals surface area contributed by atoms with Gasteiger partial charge in [0.1, 0.15) is 5.75 Å². The number of benzene rings is 2. The highest BCUT2D eigenvalue weighted by Gasteiger charge is 2.27. The van der Waals surface area contributed by atoms with Crippen molar-refractivity contribution in [1.82, 2.24) is 4.90 Å². The van der Waals surface area contributed by atoms with Crippen molar-refractivity contribution in [2.75, 3.05) is 43.0 Å². The van der Waals surface area contributed by atoms with E-state index in [1.54, 1.807) is 4.90 Å². The second kappa shape index (κ2) is 9.86. The van der Waals surface area contributed by atoms with Gasteiger partial charge in [0.25, 0.3) is 5.91 Å². The summed E-state index contributed by atoms with van der Waals surface area (Å²) in [6.45, 7) is 5.68. The van der Waals surface area contributed by atoms with Gasteiger partial charge in [-0.25, -0.2) is 0 Å². The van der Waals surface area contributed by atoms with Crippen LogP contribution in [0.2, 0.25) is 0 Å². The van der Waals surface area contributed by atoms with Gasteiger partial charge in [-0.05, 0) is 61.6 Å². The van der Waals surface area contributed by atoms with Crippen LogP contribution >= 0.6 is 0 Å². The molecule has 2 aliphatic heterocycles. The van der Waals surface area contributed by atoms with Crippen LogP contribution in [0, 0.1) is 11.8 Å². The summed E-state index contributed by atoms with van der Waals surface area (Å²) in [6.07, 6.45) is 2.58. The first-order valence-electron chi connectivity index (χ1n) is 11.2. The fourth-order valence-electron chi connectivity index (χ4n) is 4.31. The standard InChI is InChI=1S/C25H31N3O3/c1-19-11-14-28(17-19)22-9-7-21(8-10-22)26-25(30)20-12-15-27(16-13-20)24(29)18-31-23-5-3-2-4-6-23/h2-10,19-20H,11-18H2,1H3,(H,26,30). The third kappa shape index (κ3) is 5.57. The predicted molar refractivity (Wildman–Crippen MR) is 122 cm³/mol. The molecule has 6 heteroatoms. The lowest BCUT2D eigenvalue weighted by Crippen LogP contribution is -2.43. The van der Waals surface area contributed by atoms with Gasteiger partial charge in [-0.1, -0.05) is 25.1 Å². The average Bonchev–Trinajstić information content (AvgIpc) is 3.25. The lowest BCUT2D eigenvalue weighted by atomic mass is 9.95. The monoisotopic (exact) mass is 421 g/mol. The number of carbonyl (C=O) groups is 2. The van der Waals surface area contributed by atoms with Gasteiger partial charge in [0.05, 0.1) is 0 Å². The van der Waals surface area contributed by atoms with Crippen LogP contribution in [-0.2, 0) is 9.59 Å². The maximum Gasteiger partial charge on any atom is 0.260 e. The third-order valence-corrected chi connectivity index (χ3v) is 6.25. The molecule has 6 nitrogen and oxygen atoms in total. The van der Waals surface area contributed by atoms with E-state index in [2.05, 4.69) is 29.3 Å². The van der Waals surface area contributed by atoms with Crippen LogP contribution in [0.1, 0.15) is 26.2 Å². The van der Waals surface area contributed by atoms with Crippen molar-refractivity contribution < 1.29 is 14.3 Å². The Hall–Kier alpha value is -3.02. The highest BCUT2D eigenvalue weighted by Crippen LogP contribution is 2.26. The second-order valence-corrected chi connectivity index (χ2v) is 8.63. The molecule has 2 heterocycles. The van der Waals surface area contributed by atoms with Gasteiger partial charge in [-0.2, -0.15) is 0 Å². The maximum atomic E-state index is 12.7. The molecule has 2 aromatic carbocycles. The summed E-state index contributed by atoms with van der Waals surface area (Å²) in [5.41, 5.74) is 2.04. The Morgan fingerprint density at radius 3 is 2.32 bits per heavy atom. The Bertz CT molecular complexity index is 877. The zero-order chi connectivity index (χ0) is 21.6. The zero-order valence-electron chi connectivity index (χ0n) is 18.1. The zero-order valence-corrected chi connectivity index (χ0v) is 18.1. The largest absolute Gasteiger partial charge is 0.484 e. The number of hydrogen-bond donors (Lipinski definition) is 1. The molecule has 2 aliphatic rings. The molecule has 31 heavy (non-hydrogen) atoms. The first kappa shape index (κ1) is 21.2. The van der Waals surface area contributed by atoms with Gasteiger partial charge in [0.15, 0.2) is 6.61 Å². The molecule has 0 spiro atoms. The number of hydrogen-bond acceptors (Lipinski definition) is 4. The Labute approximate surface area is 184 Å². The van der Waals surface area contributed by atoms with E-state index in [1.807, 2.05) is 42.5 Å². The van der Waals surface area contributed by atoms with Crippen molar-refractivity contribution in [3.8, 4) is 5.75 Å². The molecule has 0 aliphatic carbocycles. The molecule has 0 bridgehead atoms. The van der Waals surface area contributed by atoms with Gasteiger partial charge in [0, 0.05) is 43.5 Å². The maximum absolute atomic E-state index is 12.7. The van der Waals surface area contributed by atoms with Crippen molar-refractivity contribution in [3.63, 3.8) is 0 Å². The number of ether oxygens (including phenoxy) is 1. The van der Waals surface area contributed by atoms with Crippen LogP contribution in [0.3, 0.4) is 0 Å². The molecule has 0 radical (unpaired) electrons. The summed E-state index contributed by atoms with van der Waals surface area (Å²) in [5, 5.41) is 3.04. The van der Waals surface area contributed by atoms with Gasteiger partial charge in [-0.15, -0.1) is 0 Å². The summed E-state index contributed by atoms with van der Waals surface area (Å²) >= 11 is 0. The minimum absolute atomic E-state index is 0.0308. The summed E-state index contributed by atoms with van der Waals surface area (Å²) in [5.74, 6) is 1.36. The average molecular weight is 422 g/mol. The predicted octanol–water partition coefficient (Wildman–Crippen LogP) is 3.79. The number of para-hydroxylation sites is 1. The van der Waals surface area contributed by atoms with Gasteiger partial charge < -0.3 is 19.9 Å². The van der Waals surface area contributed by atoms with Gasteiger partial charge in [-0.3, -0.25) is 9.59 Å². The molecule has 4 rings (SSSR count). The molecular formula is C25H31N3O3. The van der Waals surface area contributed by atoms with E-state index < -0.39 is 0 Å². The van der Waals surface area contributed by atoms with Crippen molar-refractivity contribution in [1.29, 1.82) is 0 Å². The van der Waals surface area contributed by atoms with Crippen molar-refractivity contribution in [3.05, 3.63) is 54.6 Å². The quantitative estimate of drug-likeness (QED) is 0.771. The number of carbonyl (C=O) groups excluding carboxylic acids is 2. The van der Waals surface area contributed by atoms with Crippen LogP contribution in [0.4, 0.5) is 11.4 Å². The number of nitrogens with one attached hydrogen (secondary N) is 1. The van der Waals surface area contributed by atoms with Crippen LogP contribution < -0.4 is 15.0 Å². The van der Waals surface area contributed by atoms with Crippen molar-refractivity contribution >= 4 is 23.2 Å². The van der Waals surface area contributed by atoms with Gasteiger partial charge >= 0.3 is 0 Å². The van der Waals surface area contributed by atoms with Crippen LogP contribution in [-0.4, -0.2) is 49.5 Å². The van der Waals surface area contributed by atoms with E-state index in [4.69, 9.17) is 4.74 Å². The molecule has 2 aromatic rings. The Balaban J connectivity index is 1.21. The molecule has 2 saturated heterocycles. The number of rotatable bonds is 6. The second-order valence-electron chi connectivity index (χ2n) is 8.63. The van der Waals surface area contributed by atoms with E-state index in [9.17, 15) is 9.59 Å². The van der Waals surface area contributed by atoms with E-state index in [0.717, 1.165) is 24.7 Å². The molecule has 0 aromatic heterocycles. The lowest BCUT2D eigenvalue weighted by molar-refractivity contribution is -0.136. The number of anilines is 2. The highest BCUT2D eigenvalue weighted by molar-refractivity contribution is 5.93. The van der Waals surface area contributed by atoms with Gasteiger partial charge in [0.2, 0.25) is 5.91 Å².